The van der Waals surface area contributed by atoms with Crippen LogP contribution in [0.4, 0.5) is 0 Å². The van der Waals surface area contributed by atoms with Crippen LogP contribution in [0, 0.1) is 0 Å². The summed E-state index contributed by atoms with van der Waals surface area (Å²) in [5, 5.41) is 0. The maximum absolute atomic E-state index is 12.8. The fourth-order valence-electron chi connectivity index (χ4n) is 3.26. The fraction of sp³-hybridized carbons (Fsp3) is 0.400. The van der Waals surface area contributed by atoms with Gasteiger partial charge in [-0.15, -0.1) is 0 Å². The van der Waals surface area contributed by atoms with Crippen molar-refractivity contribution in [3.05, 3.63) is 54.4 Å². The molecule has 0 aliphatic carbocycles. The van der Waals surface area contributed by atoms with Gasteiger partial charge in [-0.2, -0.15) is 0 Å². The van der Waals surface area contributed by atoms with Gasteiger partial charge in [-0.25, -0.2) is 0 Å². The number of aromatic nitrogens is 1. The molecule has 1 fully saturated rings. The predicted octanol–water partition coefficient (Wildman–Crippen LogP) is 3.61. The van der Waals surface area contributed by atoms with Gasteiger partial charge in [0, 0.05) is 25.0 Å². The highest BCUT2D eigenvalue weighted by atomic mass is 16.5. The van der Waals surface area contributed by atoms with Crippen LogP contribution >= 0.6 is 0 Å². The number of methoxy groups -OCH3 is 1. The van der Waals surface area contributed by atoms with Crippen molar-refractivity contribution >= 4 is 5.91 Å². The molecule has 1 aromatic heterocycles. The number of likely N-dealkylation sites (tertiary alicyclic amines) is 1. The minimum Gasteiger partial charge on any atom is -0.497 e. The maximum Gasteiger partial charge on any atom is 0.261 e. The molecule has 1 aliphatic heterocycles. The summed E-state index contributed by atoms with van der Waals surface area (Å²) in [6, 6.07) is 11.4. The molecule has 0 bridgehead atoms. The Hall–Kier alpha value is -2.56. The topological polar surface area (TPSA) is 51.7 Å². The van der Waals surface area contributed by atoms with E-state index in [4.69, 9.17) is 9.47 Å². The third-order valence-electron chi connectivity index (χ3n) is 4.57. The van der Waals surface area contributed by atoms with E-state index in [9.17, 15) is 4.79 Å². The van der Waals surface area contributed by atoms with Gasteiger partial charge in [0.05, 0.1) is 13.2 Å². The summed E-state index contributed by atoms with van der Waals surface area (Å²) < 4.78 is 10.9. The lowest BCUT2D eigenvalue weighted by Gasteiger charge is -2.30. The van der Waals surface area contributed by atoms with Gasteiger partial charge in [0.2, 0.25) is 0 Å². The number of benzene rings is 1. The quantitative estimate of drug-likeness (QED) is 0.834. The van der Waals surface area contributed by atoms with Crippen molar-refractivity contribution in [2.75, 3.05) is 20.3 Å². The van der Waals surface area contributed by atoms with E-state index in [1.54, 1.807) is 25.6 Å². The van der Waals surface area contributed by atoms with E-state index in [1.165, 1.54) is 0 Å². The van der Waals surface area contributed by atoms with Crippen LogP contribution in [0.2, 0.25) is 0 Å². The van der Waals surface area contributed by atoms with Crippen molar-refractivity contribution < 1.29 is 14.3 Å². The Morgan fingerprint density at radius 2 is 1.96 bits per heavy atom. The monoisotopic (exact) mass is 340 g/mol. The first-order valence-electron chi connectivity index (χ1n) is 8.74. The Morgan fingerprint density at radius 3 is 2.76 bits per heavy atom. The van der Waals surface area contributed by atoms with Crippen LogP contribution in [0.5, 0.6) is 11.5 Å². The first kappa shape index (κ1) is 17.3. The molecule has 2 aromatic rings. The molecular formula is C20H24N2O3. The molecule has 25 heavy (non-hydrogen) atoms. The van der Waals surface area contributed by atoms with Crippen LogP contribution in [-0.2, 0) is 4.79 Å². The molecule has 0 unspecified atom stereocenters. The molecule has 1 saturated heterocycles. The summed E-state index contributed by atoms with van der Waals surface area (Å²) in [6.45, 7) is 0.808. The molecule has 2 heterocycles. The Bertz CT molecular complexity index is 690. The zero-order valence-corrected chi connectivity index (χ0v) is 14.6. The van der Waals surface area contributed by atoms with Crippen LogP contribution in [0.15, 0.2) is 48.8 Å². The standard InChI is InChI=1S/C20H24N2O3/c1-24-17-6-5-7-18(14-17)25-15-20(23)22-13-4-2-3-8-19(22)16-9-11-21-12-10-16/h5-7,9-12,14,19H,2-4,8,13,15H2,1H3/t19-/m0/s1. The predicted molar refractivity (Wildman–Crippen MR) is 95.6 cm³/mol. The summed E-state index contributed by atoms with van der Waals surface area (Å²) in [6.07, 6.45) is 7.88. The molecule has 5 nitrogen and oxygen atoms in total. The van der Waals surface area contributed by atoms with Crippen molar-refractivity contribution in [2.24, 2.45) is 0 Å². The second kappa shape index (κ2) is 8.51. The van der Waals surface area contributed by atoms with E-state index in [0.29, 0.717) is 5.75 Å². The average molecular weight is 340 g/mol. The number of ether oxygens (including phenoxy) is 2. The van der Waals surface area contributed by atoms with Crippen molar-refractivity contribution in [3.63, 3.8) is 0 Å². The van der Waals surface area contributed by atoms with Crippen LogP contribution in [0.3, 0.4) is 0 Å². The van der Waals surface area contributed by atoms with Crippen LogP contribution in [0.1, 0.15) is 37.3 Å². The lowest BCUT2D eigenvalue weighted by atomic mass is 10.0. The summed E-state index contributed by atoms with van der Waals surface area (Å²) in [5.74, 6) is 1.38. The van der Waals surface area contributed by atoms with E-state index >= 15 is 0 Å². The van der Waals surface area contributed by atoms with Gasteiger partial charge >= 0.3 is 0 Å². The third-order valence-corrected chi connectivity index (χ3v) is 4.57. The molecule has 0 N–H and O–H groups in total. The van der Waals surface area contributed by atoms with Gasteiger partial charge in [-0.3, -0.25) is 9.78 Å². The van der Waals surface area contributed by atoms with Gasteiger partial charge < -0.3 is 14.4 Å². The lowest BCUT2D eigenvalue weighted by molar-refractivity contribution is -0.135. The molecule has 0 spiro atoms. The number of hydrogen-bond acceptors (Lipinski definition) is 4. The second-order valence-electron chi connectivity index (χ2n) is 6.20. The Kier molecular flexibility index (Phi) is 5.88. The van der Waals surface area contributed by atoms with Gasteiger partial charge in [0.1, 0.15) is 11.5 Å². The number of rotatable bonds is 5. The molecule has 1 aromatic carbocycles. The molecule has 3 rings (SSSR count). The number of pyridine rings is 1. The van der Waals surface area contributed by atoms with E-state index in [2.05, 4.69) is 4.98 Å². The Morgan fingerprint density at radius 1 is 1.16 bits per heavy atom. The molecule has 1 aliphatic rings. The summed E-state index contributed by atoms with van der Waals surface area (Å²) >= 11 is 0. The molecule has 1 amide bonds. The summed E-state index contributed by atoms with van der Waals surface area (Å²) in [7, 11) is 1.61. The SMILES string of the molecule is COc1cccc(OCC(=O)N2CCCCC[C@H]2c2ccncc2)c1. The van der Waals surface area contributed by atoms with Gasteiger partial charge in [-0.1, -0.05) is 18.9 Å². The largest absolute Gasteiger partial charge is 0.497 e. The Labute approximate surface area is 148 Å². The van der Waals surface area contributed by atoms with Crippen molar-refractivity contribution in [2.45, 2.75) is 31.7 Å². The third kappa shape index (κ3) is 4.50. The van der Waals surface area contributed by atoms with E-state index < -0.39 is 0 Å². The molecule has 0 saturated carbocycles. The lowest BCUT2D eigenvalue weighted by Crippen LogP contribution is -2.38. The smallest absolute Gasteiger partial charge is 0.261 e. The number of carbonyl (C=O) groups excluding carboxylic acids is 1. The minimum atomic E-state index is 0.0199. The van der Waals surface area contributed by atoms with Crippen molar-refractivity contribution in [1.29, 1.82) is 0 Å². The zero-order valence-electron chi connectivity index (χ0n) is 14.6. The fourth-order valence-corrected chi connectivity index (χ4v) is 3.26. The van der Waals surface area contributed by atoms with E-state index in [-0.39, 0.29) is 18.6 Å². The number of hydrogen-bond donors (Lipinski definition) is 0. The highest BCUT2D eigenvalue weighted by Crippen LogP contribution is 2.30. The van der Waals surface area contributed by atoms with Crippen molar-refractivity contribution in [1.82, 2.24) is 9.88 Å². The summed E-state index contributed by atoms with van der Waals surface area (Å²) in [4.78, 5) is 18.9. The van der Waals surface area contributed by atoms with Gasteiger partial charge in [-0.05, 0) is 42.7 Å². The first-order valence-corrected chi connectivity index (χ1v) is 8.74. The molecule has 0 radical (unpaired) electrons. The average Bonchev–Trinajstić information content (AvgIpc) is 2.93. The van der Waals surface area contributed by atoms with E-state index in [1.807, 2.05) is 35.2 Å². The van der Waals surface area contributed by atoms with Crippen LogP contribution in [-0.4, -0.2) is 36.1 Å². The summed E-state index contributed by atoms with van der Waals surface area (Å²) in [5.41, 5.74) is 1.15. The maximum atomic E-state index is 12.8. The zero-order chi connectivity index (χ0) is 17.5. The number of carbonyl (C=O) groups is 1. The van der Waals surface area contributed by atoms with Crippen LogP contribution < -0.4 is 9.47 Å². The number of amides is 1. The highest BCUT2D eigenvalue weighted by Gasteiger charge is 2.26. The highest BCUT2D eigenvalue weighted by molar-refractivity contribution is 5.78. The van der Waals surface area contributed by atoms with Crippen LogP contribution in [0.25, 0.3) is 0 Å². The molecular weight excluding hydrogens is 316 g/mol. The minimum absolute atomic E-state index is 0.0199. The Balaban J connectivity index is 1.69. The molecule has 132 valence electrons. The second-order valence-corrected chi connectivity index (χ2v) is 6.20. The van der Waals surface area contributed by atoms with Crippen molar-refractivity contribution in [3.8, 4) is 11.5 Å². The van der Waals surface area contributed by atoms with Gasteiger partial charge in [0.25, 0.3) is 5.91 Å². The van der Waals surface area contributed by atoms with E-state index in [0.717, 1.165) is 43.5 Å². The molecule has 5 heteroatoms. The van der Waals surface area contributed by atoms with Gasteiger partial charge in [0.15, 0.2) is 6.61 Å². The first-order chi connectivity index (χ1) is 12.3. The molecule has 1 atom stereocenters. The number of nitrogens with zero attached hydrogens (tertiary/aromatic N) is 2. The normalized spacial score (nSPS) is 17.6.